The Labute approximate surface area is 143 Å². The van der Waals surface area contributed by atoms with Crippen molar-refractivity contribution in [1.82, 2.24) is 25.1 Å². The van der Waals surface area contributed by atoms with E-state index in [9.17, 15) is 4.79 Å². The Morgan fingerprint density at radius 1 is 1.29 bits per heavy atom. The summed E-state index contributed by atoms with van der Waals surface area (Å²) in [5.41, 5.74) is 1.03. The second-order valence-electron chi connectivity index (χ2n) is 5.88. The van der Waals surface area contributed by atoms with Gasteiger partial charge in [0, 0.05) is 24.6 Å². The first kappa shape index (κ1) is 15.0. The van der Waals surface area contributed by atoms with Gasteiger partial charge >= 0.3 is 0 Å². The monoisotopic (exact) mass is 339 g/mol. The van der Waals surface area contributed by atoms with Crippen molar-refractivity contribution in [3.05, 3.63) is 53.1 Å². The van der Waals surface area contributed by atoms with Crippen molar-refractivity contribution >= 4 is 17.2 Å². The summed E-state index contributed by atoms with van der Waals surface area (Å²) in [4.78, 5) is 17.5. The number of hydrogen-bond donors (Lipinski definition) is 1. The van der Waals surface area contributed by atoms with Crippen LogP contribution in [0.4, 0.5) is 0 Å². The predicted molar refractivity (Wildman–Crippen MR) is 91.9 cm³/mol. The number of thiazole rings is 1. The molecule has 0 aliphatic carbocycles. The van der Waals surface area contributed by atoms with E-state index in [1.54, 1.807) is 6.20 Å². The molecule has 1 aliphatic rings. The summed E-state index contributed by atoms with van der Waals surface area (Å²) in [6.07, 6.45) is 3.37. The van der Waals surface area contributed by atoms with Gasteiger partial charge in [-0.25, -0.2) is 4.98 Å². The topological polar surface area (TPSA) is 72.7 Å². The van der Waals surface area contributed by atoms with Gasteiger partial charge in [0.2, 0.25) is 0 Å². The highest BCUT2D eigenvalue weighted by atomic mass is 32.1. The minimum Gasteiger partial charge on any atom is -0.347 e. The third-order valence-electron chi connectivity index (χ3n) is 4.22. The van der Waals surface area contributed by atoms with E-state index in [-0.39, 0.29) is 11.9 Å². The molecule has 1 N–H and O–H groups in total. The largest absolute Gasteiger partial charge is 0.347 e. The van der Waals surface area contributed by atoms with Crippen molar-refractivity contribution < 1.29 is 4.79 Å². The molecule has 1 unspecified atom stereocenters. The number of aromatic nitrogens is 4. The number of fused-ring (bicyclic) bond motifs is 1. The Morgan fingerprint density at radius 2 is 2.12 bits per heavy atom. The van der Waals surface area contributed by atoms with E-state index in [0.717, 1.165) is 41.6 Å². The van der Waals surface area contributed by atoms with Gasteiger partial charge in [0.05, 0.1) is 6.20 Å². The first-order chi connectivity index (χ1) is 11.7. The summed E-state index contributed by atoms with van der Waals surface area (Å²) < 4.78 is 2.08. The Hall–Kier alpha value is -2.54. The van der Waals surface area contributed by atoms with Crippen LogP contribution in [0.15, 0.2) is 36.5 Å². The van der Waals surface area contributed by atoms with E-state index >= 15 is 0 Å². The van der Waals surface area contributed by atoms with Crippen molar-refractivity contribution in [1.29, 1.82) is 0 Å². The average molecular weight is 339 g/mol. The van der Waals surface area contributed by atoms with Crippen molar-refractivity contribution in [3.8, 4) is 10.6 Å². The lowest BCUT2D eigenvalue weighted by molar-refractivity contribution is 0.0931. The van der Waals surface area contributed by atoms with Gasteiger partial charge in [-0.3, -0.25) is 4.79 Å². The molecular formula is C17H17N5OS. The highest BCUT2D eigenvalue weighted by molar-refractivity contribution is 7.16. The number of rotatable bonds is 3. The molecule has 3 heterocycles. The molecular weight excluding hydrogens is 322 g/mol. The van der Waals surface area contributed by atoms with E-state index in [4.69, 9.17) is 0 Å². The van der Waals surface area contributed by atoms with Gasteiger partial charge in [-0.05, 0) is 13.3 Å². The molecule has 6 nitrogen and oxygen atoms in total. The molecule has 0 fully saturated rings. The zero-order chi connectivity index (χ0) is 16.5. The van der Waals surface area contributed by atoms with Crippen molar-refractivity contribution in [2.45, 2.75) is 32.4 Å². The molecule has 2 aromatic heterocycles. The number of amides is 1. The van der Waals surface area contributed by atoms with Crippen LogP contribution in [0.5, 0.6) is 0 Å². The quantitative estimate of drug-likeness (QED) is 0.795. The molecule has 0 saturated heterocycles. The van der Waals surface area contributed by atoms with E-state index in [2.05, 4.69) is 25.1 Å². The fourth-order valence-electron chi connectivity index (χ4n) is 2.93. The van der Waals surface area contributed by atoms with Gasteiger partial charge < -0.3 is 9.88 Å². The van der Waals surface area contributed by atoms with Crippen LogP contribution in [0.2, 0.25) is 0 Å². The zero-order valence-corrected chi connectivity index (χ0v) is 14.1. The standard InChI is InChI=1S/C17H17N5OS/c1-11-20-21-15-8-7-13(10-22(11)15)19-16(23)14-9-18-17(24-14)12-5-3-2-4-6-12/h2-6,9,13H,7-8,10H2,1H3,(H,19,23). The molecule has 3 aromatic rings. The lowest BCUT2D eigenvalue weighted by atomic mass is 10.1. The summed E-state index contributed by atoms with van der Waals surface area (Å²) in [5, 5.41) is 12.2. The van der Waals surface area contributed by atoms with Crippen LogP contribution in [0.1, 0.15) is 27.7 Å². The minimum absolute atomic E-state index is 0.0612. The molecule has 1 aromatic carbocycles. The number of nitrogens with zero attached hydrogens (tertiary/aromatic N) is 4. The molecule has 1 amide bonds. The van der Waals surface area contributed by atoms with Gasteiger partial charge in [-0.15, -0.1) is 21.5 Å². The van der Waals surface area contributed by atoms with E-state index < -0.39 is 0 Å². The number of carbonyl (C=O) groups is 1. The van der Waals surface area contributed by atoms with Crippen LogP contribution in [-0.4, -0.2) is 31.7 Å². The van der Waals surface area contributed by atoms with Crippen molar-refractivity contribution in [2.24, 2.45) is 0 Å². The molecule has 0 radical (unpaired) electrons. The lowest BCUT2D eigenvalue weighted by Crippen LogP contribution is -2.41. The second kappa shape index (κ2) is 6.16. The fourth-order valence-corrected chi connectivity index (χ4v) is 3.75. The van der Waals surface area contributed by atoms with E-state index in [0.29, 0.717) is 4.88 Å². The smallest absolute Gasteiger partial charge is 0.263 e. The molecule has 0 spiro atoms. The van der Waals surface area contributed by atoms with Crippen molar-refractivity contribution in [2.75, 3.05) is 0 Å². The predicted octanol–water partition coefficient (Wildman–Crippen LogP) is 2.45. The fraction of sp³-hybridized carbons (Fsp3) is 0.294. The van der Waals surface area contributed by atoms with Gasteiger partial charge in [0.1, 0.15) is 21.5 Å². The molecule has 1 aliphatic heterocycles. The Morgan fingerprint density at radius 3 is 2.96 bits per heavy atom. The van der Waals surface area contributed by atoms with E-state index in [1.165, 1.54) is 11.3 Å². The summed E-state index contributed by atoms with van der Waals surface area (Å²) in [6, 6.07) is 10.0. The van der Waals surface area contributed by atoms with Crippen molar-refractivity contribution in [3.63, 3.8) is 0 Å². The van der Waals surface area contributed by atoms with Crippen LogP contribution >= 0.6 is 11.3 Å². The Kier molecular flexibility index (Phi) is 3.86. The minimum atomic E-state index is -0.0612. The summed E-state index contributed by atoms with van der Waals surface area (Å²) >= 11 is 1.42. The molecule has 24 heavy (non-hydrogen) atoms. The first-order valence-corrected chi connectivity index (χ1v) is 8.73. The molecule has 122 valence electrons. The Bertz CT molecular complexity index is 870. The third kappa shape index (κ3) is 2.82. The number of aryl methyl sites for hydroxylation is 2. The number of benzene rings is 1. The Balaban J connectivity index is 1.46. The number of carbonyl (C=O) groups excluding carboxylic acids is 1. The summed E-state index contributed by atoms with van der Waals surface area (Å²) in [7, 11) is 0. The molecule has 7 heteroatoms. The maximum Gasteiger partial charge on any atom is 0.263 e. The van der Waals surface area contributed by atoms with Gasteiger partial charge in [-0.1, -0.05) is 30.3 Å². The molecule has 4 rings (SSSR count). The molecule has 0 bridgehead atoms. The SMILES string of the molecule is Cc1nnc2n1CC(NC(=O)c1cnc(-c3ccccc3)s1)CC2. The average Bonchev–Trinajstić information content (AvgIpc) is 3.24. The molecule has 0 saturated carbocycles. The second-order valence-corrected chi connectivity index (χ2v) is 6.91. The molecule has 1 atom stereocenters. The first-order valence-electron chi connectivity index (χ1n) is 7.91. The zero-order valence-electron chi connectivity index (χ0n) is 13.3. The number of hydrogen-bond acceptors (Lipinski definition) is 5. The van der Waals surface area contributed by atoms with E-state index in [1.807, 2.05) is 37.3 Å². The summed E-state index contributed by atoms with van der Waals surface area (Å²) in [5.74, 6) is 1.84. The van der Waals surface area contributed by atoms with Crippen LogP contribution in [0.25, 0.3) is 10.6 Å². The van der Waals surface area contributed by atoms with Gasteiger partial charge in [-0.2, -0.15) is 0 Å². The highest BCUT2D eigenvalue weighted by Crippen LogP contribution is 2.25. The normalized spacial score (nSPS) is 16.6. The van der Waals surface area contributed by atoms with Crippen LogP contribution in [0, 0.1) is 6.92 Å². The lowest BCUT2D eigenvalue weighted by Gasteiger charge is -2.24. The maximum atomic E-state index is 12.5. The van der Waals surface area contributed by atoms with Crippen LogP contribution < -0.4 is 5.32 Å². The van der Waals surface area contributed by atoms with Gasteiger partial charge in [0.25, 0.3) is 5.91 Å². The maximum absolute atomic E-state index is 12.5. The van der Waals surface area contributed by atoms with Crippen LogP contribution in [0.3, 0.4) is 0 Å². The van der Waals surface area contributed by atoms with Crippen LogP contribution in [-0.2, 0) is 13.0 Å². The van der Waals surface area contributed by atoms with Gasteiger partial charge in [0.15, 0.2) is 0 Å². The highest BCUT2D eigenvalue weighted by Gasteiger charge is 2.23. The third-order valence-corrected chi connectivity index (χ3v) is 5.26. The number of nitrogens with one attached hydrogen (secondary N) is 1. The summed E-state index contributed by atoms with van der Waals surface area (Å²) in [6.45, 7) is 2.67.